The molecule has 0 saturated heterocycles. The fourth-order valence-corrected chi connectivity index (χ4v) is 5.48. The van der Waals surface area contributed by atoms with Gasteiger partial charge in [-0.05, 0) is 54.4 Å². The number of hydrogen-bond donors (Lipinski definition) is 2. The lowest BCUT2D eigenvalue weighted by atomic mass is 10.1. The summed E-state index contributed by atoms with van der Waals surface area (Å²) in [4.78, 5) is 31.0. The summed E-state index contributed by atoms with van der Waals surface area (Å²) in [6, 6.07) is 11.8. The van der Waals surface area contributed by atoms with Crippen LogP contribution in [0, 0.1) is 6.92 Å². The number of nitrogens with one attached hydrogen (secondary N) is 1. The zero-order valence-electron chi connectivity index (χ0n) is 20.6. The molecule has 0 radical (unpaired) electrons. The molecule has 0 amide bonds. The van der Waals surface area contributed by atoms with Crippen molar-refractivity contribution < 1.29 is 40.9 Å². The number of nitrogens with zero attached hydrogens (tertiary/aromatic N) is 2. The Kier molecular flexibility index (Phi) is 7.03. The van der Waals surface area contributed by atoms with E-state index >= 15 is 0 Å². The molecule has 15 heteroatoms. The molecule has 41 heavy (non-hydrogen) atoms. The number of aromatic amines is 1. The molecule has 0 aliphatic rings. The molecule has 3 heterocycles. The zero-order valence-corrected chi connectivity index (χ0v) is 21.4. The Labute approximate surface area is 229 Å². The third-order valence-corrected chi connectivity index (χ3v) is 7.40. The quantitative estimate of drug-likeness (QED) is 0.237. The molecule has 0 fully saturated rings. The summed E-state index contributed by atoms with van der Waals surface area (Å²) in [5.41, 5.74) is -1.26. The van der Waals surface area contributed by atoms with Crippen molar-refractivity contribution in [1.29, 1.82) is 0 Å². The second-order valence-electron chi connectivity index (χ2n) is 8.83. The van der Waals surface area contributed by atoms with Gasteiger partial charge in [0.1, 0.15) is 10.6 Å². The lowest BCUT2D eigenvalue weighted by Gasteiger charge is -2.16. The van der Waals surface area contributed by atoms with Gasteiger partial charge in [-0.15, -0.1) is 24.5 Å². The van der Waals surface area contributed by atoms with E-state index in [1.54, 1.807) is 24.4 Å². The topological polar surface area (TPSA) is 106 Å². The van der Waals surface area contributed by atoms with Crippen molar-refractivity contribution in [3.05, 3.63) is 81.1 Å². The largest absolute Gasteiger partial charge is 0.573 e. The molecule has 0 saturated carbocycles. The van der Waals surface area contributed by atoms with Gasteiger partial charge in [0.05, 0.1) is 17.4 Å². The number of pyridine rings is 1. The standard InChI is InChI=1S/C26H17F6N3O5S/c1-12-20-22(37)34-24(38)35(11-19(36)25(27,28)29)23(20)41-21(12)14-5-7-17(18(9-14)40-26(30,31)32)39-15-6-4-13-3-2-8-33-16(13)10-15/h2-10,19,36H,11H2,1H3,(H,34,37,38). The third-order valence-electron chi connectivity index (χ3n) is 6.04. The molecular formula is C26H17F6N3O5S. The number of halogens is 6. The number of aliphatic hydroxyl groups is 1. The highest BCUT2D eigenvalue weighted by molar-refractivity contribution is 7.22. The van der Waals surface area contributed by atoms with Crippen molar-refractivity contribution in [2.24, 2.45) is 0 Å². The van der Waals surface area contributed by atoms with Crippen molar-refractivity contribution in [3.8, 4) is 27.7 Å². The number of aromatic nitrogens is 3. The Morgan fingerprint density at radius 1 is 1.05 bits per heavy atom. The van der Waals surface area contributed by atoms with E-state index in [4.69, 9.17) is 4.74 Å². The number of aryl methyl sites for hydroxylation is 1. The predicted molar refractivity (Wildman–Crippen MR) is 137 cm³/mol. The minimum Gasteiger partial charge on any atom is -0.453 e. The highest BCUT2D eigenvalue weighted by atomic mass is 32.1. The summed E-state index contributed by atoms with van der Waals surface area (Å²) in [6.07, 6.45) is -11.5. The first-order valence-corrected chi connectivity index (χ1v) is 12.5. The van der Waals surface area contributed by atoms with Gasteiger partial charge in [0.25, 0.3) is 5.56 Å². The maximum Gasteiger partial charge on any atom is 0.573 e. The van der Waals surface area contributed by atoms with Crippen LogP contribution in [0.1, 0.15) is 5.56 Å². The fraction of sp³-hybridized carbons (Fsp3) is 0.192. The average molecular weight is 597 g/mol. The molecule has 5 aromatic rings. The van der Waals surface area contributed by atoms with Crippen LogP contribution >= 0.6 is 11.3 Å². The molecule has 3 aromatic heterocycles. The number of aliphatic hydroxyl groups excluding tert-OH is 1. The normalized spacial score (nSPS) is 13.1. The third kappa shape index (κ3) is 5.76. The molecule has 5 rings (SSSR count). The molecule has 1 unspecified atom stereocenters. The molecule has 0 bridgehead atoms. The average Bonchev–Trinajstić information content (AvgIpc) is 3.23. The van der Waals surface area contributed by atoms with Crippen molar-refractivity contribution in [3.63, 3.8) is 0 Å². The van der Waals surface area contributed by atoms with E-state index in [1.165, 1.54) is 31.2 Å². The first kappa shape index (κ1) is 28.2. The van der Waals surface area contributed by atoms with E-state index in [2.05, 4.69) is 9.72 Å². The summed E-state index contributed by atoms with van der Waals surface area (Å²) >= 11 is 0.701. The summed E-state index contributed by atoms with van der Waals surface area (Å²) in [5.74, 6) is -0.859. The molecular weight excluding hydrogens is 580 g/mol. The van der Waals surface area contributed by atoms with Crippen LogP contribution in [0.15, 0.2) is 64.3 Å². The van der Waals surface area contributed by atoms with Gasteiger partial charge in [-0.1, -0.05) is 6.07 Å². The number of hydrogen-bond acceptors (Lipinski definition) is 7. The van der Waals surface area contributed by atoms with E-state index in [9.17, 15) is 41.0 Å². The Hall–Kier alpha value is -4.37. The molecule has 8 nitrogen and oxygen atoms in total. The zero-order chi connectivity index (χ0) is 29.7. The first-order valence-electron chi connectivity index (χ1n) is 11.6. The van der Waals surface area contributed by atoms with Crippen molar-refractivity contribution >= 4 is 32.5 Å². The van der Waals surface area contributed by atoms with Crippen LogP contribution in [0.4, 0.5) is 26.3 Å². The summed E-state index contributed by atoms with van der Waals surface area (Å²) < 4.78 is 89.4. The van der Waals surface area contributed by atoms with Crippen LogP contribution in [-0.2, 0) is 6.54 Å². The van der Waals surface area contributed by atoms with Gasteiger partial charge in [-0.25, -0.2) is 4.79 Å². The van der Waals surface area contributed by atoms with Crippen LogP contribution in [0.3, 0.4) is 0 Å². The van der Waals surface area contributed by atoms with Crippen LogP contribution in [0.25, 0.3) is 31.6 Å². The maximum atomic E-state index is 13.3. The van der Waals surface area contributed by atoms with Gasteiger partial charge >= 0.3 is 18.2 Å². The van der Waals surface area contributed by atoms with E-state index in [-0.39, 0.29) is 37.7 Å². The highest BCUT2D eigenvalue weighted by Gasteiger charge is 2.39. The molecule has 214 valence electrons. The van der Waals surface area contributed by atoms with E-state index < -0.39 is 42.2 Å². The summed E-state index contributed by atoms with van der Waals surface area (Å²) in [5, 5.41) is 10.2. The monoisotopic (exact) mass is 597 g/mol. The number of thiophene rings is 1. The van der Waals surface area contributed by atoms with Gasteiger partial charge < -0.3 is 14.6 Å². The Bertz CT molecular complexity index is 1890. The smallest absolute Gasteiger partial charge is 0.453 e. The molecule has 2 aromatic carbocycles. The van der Waals surface area contributed by atoms with E-state index in [0.717, 1.165) is 11.5 Å². The highest BCUT2D eigenvalue weighted by Crippen LogP contribution is 2.43. The minimum absolute atomic E-state index is 0.102. The minimum atomic E-state index is -5.11. The number of ether oxygens (including phenoxy) is 2. The summed E-state index contributed by atoms with van der Waals surface area (Å²) in [7, 11) is 0. The van der Waals surface area contributed by atoms with Gasteiger partial charge in [-0.3, -0.25) is 19.3 Å². The Morgan fingerprint density at radius 2 is 1.80 bits per heavy atom. The molecule has 1 atom stereocenters. The maximum absolute atomic E-state index is 13.3. The fourth-order valence-electron chi connectivity index (χ4n) is 4.17. The number of benzene rings is 2. The second kappa shape index (κ2) is 10.2. The Balaban J connectivity index is 1.61. The summed E-state index contributed by atoms with van der Waals surface area (Å²) in [6.45, 7) is 0.222. The number of rotatable bonds is 6. The number of H-pyrrole nitrogens is 1. The van der Waals surface area contributed by atoms with Crippen LogP contribution < -0.4 is 20.7 Å². The first-order chi connectivity index (χ1) is 19.2. The number of fused-ring (bicyclic) bond motifs is 2. The van der Waals surface area contributed by atoms with Crippen molar-refractivity contribution in [2.75, 3.05) is 0 Å². The molecule has 2 N–H and O–H groups in total. The number of alkyl halides is 6. The van der Waals surface area contributed by atoms with E-state index in [1.807, 2.05) is 4.98 Å². The van der Waals surface area contributed by atoms with Crippen LogP contribution in [0.2, 0.25) is 0 Å². The van der Waals surface area contributed by atoms with Gasteiger partial charge in [0.2, 0.25) is 0 Å². The lowest BCUT2D eigenvalue weighted by molar-refractivity contribution is -0.275. The SMILES string of the molecule is Cc1c(-c2ccc(Oc3ccc4cccnc4c3)c(OC(F)(F)F)c2)sc2c1c(=O)[nH]c(=O)n2CC(O)C(F)(F)F. The van der Waals surface area contributed by atoms with Gasteiger partial charge in [-0.2, -0.15) is 13.2 Å². The second-order valence-corrected chi connectivity index (χ2v) is 9.83. The van der Waals surface area contributed by atoms with Crippen LogP contribution in [-0.4, -0.2) is 38.3 Å². The lowest BCUT2D eigenvalue weighted by Crippen LogP contribution is -2.38. The van der Waals surface area contributed by atoms with Crippen LogP contribution in [0.5, 0.6) is 17.2 Å². The van der Waals surface area contributed by atoms with Gasteiger partial charge in [0, 0.05) is 22.5 Å². The Morgan fingerprint density at radius 3 is 2.51 bits per heavy atom. The molecule has 0 aliphatic carbocycles. The van der Waals surface area contributed by atoms with Gasteiger partial charge in [0.15, 0.2) is 17.6 Å². The van der Waals surface area contributed by atoms with Crippen molar-refractivity contribution in [2.45, 2.75) is 32.1 Å². The van der Waals surface area contributed by atoms with E-state index in [0.29, 0.717) is 21.4 Å². The molecule has 0 spiro atoms. The predicted octanol–water partition coefficient (Wildman–Crippen LogP) is 5.89. The van der Waals surface area contributed by atoms with Crippen molar-refractivity contribution in [1.82, 2.24) is 14.5 Å². The molecule has 0 aliphatic heterocycles.